The van der Waals surface area contributed by atoms with Gasteiger partial charge in [0, 0.05) is 11.9 Å². The van der Waals surface area contributed by atoms with Gasteiger partial charge in [-0.2, -0.15) is 5.26 Å². The highest BCUT2D eigenvalue weighted by Crippen LogP contribution is 2.25. The van der Waals surface area contributed by atoms with Gasteiger partial charge in [0.15, 0.2) is 5.82 Å². The number of nitrogens with zero attached hydrogens (tertiary/aromatic N) is 2. The summed E-state index contributed by atoms with van der Waals surface area (Å²) in [6.07, 6.45) is 1.46. The number of nitriles is 1. The maximum Gasteiger partial charge on any atom is 0.154 e. The molecule has 0 spiro atoms. The van der Waals surface area contributed by atoms with Crippen LogP contribution in [0.2, 0.25) is 0 Å². The van der Waals surface area contributed by atoms with Crippen LogP contribution < -0.4 is 11.1 Å². The fraction of sp³-hybridized carbons (Fsp3) is 0. The molecule has 0 saturated carbocycles. The molecule has 1 heterocycles. The molecule has 0 aliphatic carbocycles. The number of anilines is 3. The summed E-state index contributed by atoms with van der Waals surface area (Å²) >= 11 is 3.07. The first kappa shape index (κ1) is 12.3. The van der Waals surface area contributed by atoms with Crippen LogP contribution in [0.1, 0.15) is 5.56 Å². The van der Waals surface area contributed by atoms with Gasteiger partial charge in [-0.15, -0.1) is 0 Å². The van der Waals surface area contributed by atoms with Gasteiger partial charge in [0.05, 0.1) is 15.7 Å². The van der Waals surface area contributed by atoms with Gasteiger partial charge in [-0.1, -0.05) is 0 Å². The quantitative estimate of drug-likeness (QED) is 0.893. The Morgan fingerprint density at radius 3 is 2.83 bits per heavy atom. The van der Waals surface area contributed by atoms with Gasteiger partial charge < -0.3 is 11.1 Å². The smallest absolute Gasteiger partial charge is 0.154 e. The van der Waals surface area contributed by atoms with E-state index in [-0.39, 0.29) is 5.69 Å². The van der Waals surface area contributed by atoms with Gasteiger partial charge in [0.25, 0.3) is 0 Å². The van der Waals surface area contributed by atoms with Gasteiger partial charge in [-0.25, -0.2) is 9.37 Å². The molecule has 1 aromatic heterocycles. The number of hydrogen-bond donors (Lipinski definition) is 2. The third-order valence-corrected chi connectivity index (χ3v) is 2.94. The number of rotatable bonds is 2. The Morgan fingerprint density at radius 2 is 2.17 bits per heavy atom. The number of pyridine rings is 1. The van der Waals surface area contributed by atoms with E-state index in [1.165, 1.54) is 18.3 Å². The summed E-state index contributed by atoms with van der Waals surface area (Å²) in [4.78, 5) is 4.01. The fourth-order valence-electron chi connectivity index (χ4n) is 1.38. The number of halogens is 2. The van der Waals surface area contributed by atoms with Crippen LogP contribution in [0.4, 0.5) is 21.6 Å². The number of nitrogens with two attached hydrogens (primary N) is 1. The van der Waals surface area contributed by atoms with Gasteiger partial charge in [0.2, 0.25) is 0 Å². The highest BCUT2D eigenvalue weighted by molar-refractivity contribution is 9.10. The highest BCUT2D eigenvalue weighted by atomic mass is 79.9. The molecule has 90 valence electrons. The van der Waals surface area contributed by atoms with Crippen molar-refractivity contribution in [1.82, 2.24) is 4.98 Å². The minimum Gasteiger partial charge on any atom is -0.395 e. The lowest BCUT2D eigenvalue weighted by Gasteiger charge is -2.09. The van der Waals surface area contributed by atoms with E-state index in [0.29, 0.717) is 21.5 Å². The molecule has 0 aliphatic rings. The lowest BCUT2D eigenvalue weighted by atomic mass is 10.2. The molecule has 0 bridgehead atoms. The minimum absolute atomic E-state index is 0.239. The molecular formula is C12H8BrFN4. The summed E-state index contributed by atoms with van der Waals surface area (Å²) < 4.78 is 13.7. The number of hydrogen-bond acceptors (Lipinski definition) is 4. The monoisotopic (exact) mass is 306 g/mol. The van der Waals surface area contributed by atoms with Gasteiger partial charge >= 0.3 is 0 Å². The van der Waals surface area contributed by atoms with Crippen LogP contribution in [0.15, 0.2) is 34.9 Å². The van der Waals surface area contributed by atoms with Crippen molar-refractivity contribution in [2.45, 2.75) is 0 Å². The van der Waals surface area contributed by atoms with Crippen LogP contribution in [0, 0.1) is 17.1 Å². The Kier molecular flexibility index (Phi) is 3.44. The van der Waals surface area contributed by atoms with E-state index >= 15 is 0 Å². The Bertz CT molecular complexity index is 636. The van der Waals surface area contributed by atoms with Crippen LogP contribution in [-0.4, -0.2) is 4.98 Å². The van der Waals surface area contributed by atoms with Crippen molar-refractivity contribution >= 4 is 33.1 Å². The molecule has 6 heteroatoms. The number of nitrogen functional groups attached to an aromatic ring is 1. The van der Waals surface area contributed by atoms with Crippen molar-refractivity contribution in [3.63, 3.8) is 0 Å². The molecule has 4 nitrogen and oxygen atoms in total. The van der Waals surface area contributed by atoms with E-state index in [2.05, 4.69) is 26.2 Å². The second-order valence-corrected chi connectivity index (χ2v) is 4.34. The zero-order valence-corrected chi connectivity index (χ0v) is 10.7. The second kappa shape index (κ2) is 5.02. The predicted octanol–water partition coefficient (Wildman–Crippen LogP) is 3.18. The lowest BCUT2D eigenvalue weighted by Crippen LogP contribution is -2.01. The maximum atomic E-state index is 13.3. The molecule has 0 fully saturated rings. The molecule has 0 aliphatic heterocycles. The topological polar surface area (TPSA) is 74.7 Å². The summed E-state index contributed by atoms with van der Waals surface area (Å²) in [6.45, 7) is 0. The summed E-state index contributed by atoms with van der Waals surface area (Å²) in [5.41, 5.74) is 6.83. The normalized spacial score (nSPS) is 9.83. The van der Waals surface area contributed by atoms with E-state index in [9.17, 15) is 4.39 Å². The van der Waals surface area contributed by atoms with Crippen molar-refractivity contribution < 1.29 is 4.39 Å². The van der Waals surface area contributed by atoms with E-state index in [1.807, 2.05) is 6.07 Å². The summed E-state index contributed by atoms with van der Waals surface area (Å²) in [5, 5.41) is 11.7. The third-order valence-electron chi connectivity index (χ3n) is 2.29. The molecule has 3 N–H and O–H groups in total. The zero-order valence-electron chi connectivity index (χ0n) is 9.11. The first-order valence-corrected chi connectivity index (χ1v) is 5.78. The van der Waals surface area contributed by atoms with Gasteiger partial charge in [-0.05, 0) is 40.2 Å². The van der Waals surface area contributed by atoms with E-state index in [0.717, 1.165) is 0 Å². The molecule has 18 heavy (non-hydrogen) atoms. The van der Waals surface area contributed by atoms with Gasteiger partial charge in [0.1, 0.15) is 11.9 Å². The first-order valence-electron chi connectivity index (χ1n) is 4.98. The molecule has 2 rings (SSSR count). The van der Waals surface area contributed by atoms with Crippen LogP contribution >= 0.6 is 15.9 Å². The van der Waals surface area contributed by atoms with Crippen molar-refractivity contribution in [3.05, 3.63) is 46.3 Å². The van der Waals surface area contributed by atoms with Crippen molar-refractivity contribution in [3.8, 4) is 6.07 Å². The van der Waals surface area contributed by atoms with Crippen LogP contribution in [-0.2, 0) is 0 Å². The molecule has 0 radical (unpaired) electrons. The summed E-state index contributed by atoms with van der Waals surface area (Å²) in [7, 11) is 0. The van der Waals surface area contributed by atoms with Gasteiger partial charge in [-0.3, -0.25) is 0 Å². The Morgan fingerprint density at radius 1 is 1.39 bits per heavy atom. The summed E-state index contributed by atoms with van der Waals surface area (Å²) in [5.74, 6) is -0.0641. The molecule has 0 atom stereocenters. The summed E-state index contributed by atoms with van der Waals surface area (Å²) in [6, 6.07) is 8.03. The van der Waals surface area contributed by atoms with Crippen LogP contribution in [0.5, 0.6) is 0 Å². The molecule has 1 aromatic carbocycles. The van der Waals surface area contributed by atoms with Crippen molar-refractivity contribution in [2.75, 3.05) is 11.1 Å². The SMILES string of the molecule is N#Cc1ccnc(Nc2ccc(Br)c(F)c2)c1N. The molecule has 0 saturated heterocycles. The van der Waals surface area contributed by atoms with Crippen molar-refractivity contribution in [2.24, 2.45) is 0 Å². The second-order valence-electron chi connectivity index (χ2n) is 3.49. The van der Waals surface area contributed by atoms with Crippen LogP contribution in [0.25, 0.3) is 0 Å². The third kappa shape index (κ3) is 2.41. The lowest BCUT2D eigenvalue weighted by molar-refractivity contribution is 0.622. The van der Waals surface area contributed by atoms with Crippen molar-refractivity contribution in [1.29, 1.82) is 5.26 Å². The average Bonchev–Trinajstić information content (AvgIpc) is 2.36. The molecule has 0 amide bonds. The average molecular weight is 307 g/mol. The maximum absolute atomic E-state index is 13.3. The van der Waals surface area contributed by atoms with E-state index in [1.54, 1.807) is 12.1 Å². The Labute approximate surface area is 111 Å². The molecule has 2 aromatic rings. The number of benzene rings is 1. The Hall–Kier alpha value is -2.13. The minimum atomic E-state index is -0.394. The Balaban J connectivity index is 2.35. The number of aromatic nitrogens is 1. The van der Waals surface area contributed by atoms with E-state index < -0.39 is 5.82 Å². The zero-order chi connectivity index (χ0) is 13.1. The molecular weight excluding hydrogens is 299 g/mol. The predicted molar refractivity (Wildman–Crippen MR) is 70.7 cm³/mol. The first-order chi connectivity index (χ1) is 8.61. The standard InChI is InChI=1S/C12H8BrFN4/c13-9-2-1-8(5-10(9)14)18-12-11(16)7(6-15)3-4-17-12/h1-5H,16H2,(H,17,18). The van der Waals surface area contributed by atoms with Crippen LogP contribution in [0.3, 0.4) is 0 Å². The van der Waals surface area contributed by atoms with E-state index in [4.69, 9.17) is 11.0 Å². The fourth-order valence-corrected chi connectivity index (χ4v) is 1.63. The molecule has 0 unspecified atom stereocenters. The largest absolute Gasteiger partial charge is 0.395 e. The highest BCUT2D eigenvalue weighted by Gasteiger charge is 2.07. The number of nitrogens with one attached hydrogen (secondary N) is 1.